The Morgan fingerprint density at radius 1 is 1.29 bits per heavy atom. The zero-order chi connectivity index (χ0) is 12.1. The number of pyridine rings is 1. The van der Waals surface area contributed by atoms with Crippen LogP contribution < -0.4 is 5.32 Å². The molecule has 0 amide bonds. The van der Waals surface area contributed by atoms with Gasteiger partial charge in [0, 0.05) is 31.3 Å². The topological polar surface area (TPSA) is 34.1 Å². The average molecular weight is 230 g/mol. The molecule has 0 aliphatic heterocycles. The Labute approximate surface area is 102 Å². The van der Waals surface area contributed by atoms with Crippen molar-refractivity contribution >= 4 is 10.9 Å². The molecule has 1 unspecified atom stereocenters. The fraction of sp³-hybridized carbons (Fsp3) is 0.357. The summed E-state index contributed by atoms with van der Waals surface area (Å²) in [5.41, 5.74) is 2.32. The van der Waals surface area contributed by atoms with E-state index < -0.39 is 0 Å². The maximum atomic E-state index is 5.10. The van der Waals surface area contributed by atoms with Crippen LogP contribution in [0.25, 0.3) is 10.9 Å². The predicted octanol–water partition coefficient (Wildman–Crippen LogP) is 2.36. The number of para-hydroxylation sites is 1. The van der Waals surface area contributed by atoms with Gasteiger partial charge in [-0.2, -0.15) is 0 Å². The third kappa shape index (κ3) is 3.02. The summed E-state index contributed by atoms with van der Waals surface area (Å²) in [6.07, 6.45) is 1.86. The summed E-state index contributed by atoms with van der Waals surface area (Å²) >= 11 is 0. The lowest BCUT2D eigenvalue weighted by atomic mass is 10.1. The van der Waals surface area contributed by atoms with Gasteiger partial charge in [-0.1, -0.05) is 18.2 Å². The van der Waals surface area contributed by atoms with Gasteiger partial charge in [-0.05, 0) is 24.6 Å². The lowest BCUT2D eigenvalue weighted by Crippen LogP contribution is -2.29. The molecular formula is C14H18N2O. The predicted molar refractivity (Wildman–Crippen MR) is 69.9 cm³/mol. The standard InChI is InChI=1S/C14H18N2O/c1-11(10-17-2)16-9-12-7-8-15-14-6-4-3-5-13(12)14/h3-8,11,16H,9-10H2,1-2H3. The first-order valence-electron chi connectivity index (χ1n) is 5.86. The lowest BCUT2D eigenvalue weighted by molar-refractivity contribution is 0.172. The second-order valence-electron chi connectivity index (χ2n) is 4.22. The van der Waals surface area contributed by atoms with Crippen LogP contribution in [0.1, 0.15) is 12.5 Å². The SMILES string of the molecule is COCC(C)NCc1ccnc2ccccc12. The van der Waals surface area contributed by atoms with E-state index in [0.29, 0.717) is 6.04 Å². The zero-order valence-corrected chi connectivity index (χ0v) is 10.3. The minimum absolute atomic E-state index is 0.354. The molecule has 0 saturated carbocycles. The van der Waals surface area contributed by atoms with Gasteiger partial charge < -0.3 is 10.1 Å². The molecule has 0 bridgehead atoms. The molecule has 2 aromatic rings. The van der Waals surface area contributed by atoms with E-state index in [2.05, 4.69) is 29.4 Å². The summed E-state index contributed by atoms with van der Waals surface area (Å²) in [5, 5.41) is 4.65. The van der Waals surface area contributed by atoms with Crippen molar-refractivity contribution in [1.29, 1.82) is 0 Å². The molecular weight excluding hydrogens is 212 g/mol. The number of nitrogens with zero attached hydrogens (tertiary/aromatic N) is 1. The van der Waals surface area contributed by atoms with Crippen LogP contribution in [-0.4, -0.2) is 24.7 Å². The van der Waals surface area contributed by atoms with Crippen LogP contribution in [0.15, 0.2) is 36.5 Å². The van der Waals surface area contributed by atoms with Crippen molar-refractivity contribution in [3.05, 3.63) is 42.1 Å². The van der Waals surface area contributed by atoms with Crippen LogP contribution in [-0.2, 0) is 11.3 Å². The van der Waals surface area contributed by atoms with Gasteiger partial charge in [0.1, 0.15) is 0 Å². The maximum absolute atomic E-state index is 5.10. The van der Waals surface area contributed by atoms with E-state index in [-0.39, 0.29) is 0 Å². The Kier molecular flexibility index (Phi) is 4.07. The molecule has 0 saturated heterocycles. The van der Waals surface area contributed by atoms with E-state index in [1.165, 1.54) is 10.9 Å². The second-order valence-corrected chi connectivity index (χ2v) is 4.22. The summed E-state index contributed by atoms with van der Waals surface area (Å²) in [7, 11) is 1.72. The monoisotopic (exact) mass is 230 g/mol. The van der Waals surface area contributed by atoms with E-state index in [0.717, 1.165) is 18.7 Å². The van der Waals surface area contributed by atoms with E-state index in [1.54, 1.807) is 7.11 Å². The Morgan fingerprint density at radius 2 is 2.12 bits per heavy atom. The molecule has 1 heterocycles. The highest BCUT2D eigenvalue weighted by atomic mass is 16.5. The number of ether oxygens (including phenoxy) is 1. The average Bonchev–Trinajstić information content (AvgIpc) is 2.36. The molecule has 0 spiro atoms. The molecule has 17 heavy (non-hydrogen) atoms. The number of benzene rings is 1. The van der Waals surface area contributed by atoms with Crippen molar-refractivity contribution in [1.82, 2.24) is 10.3 Å². The lowest BCUT2D eigenvalue weighted by Gasteiger charge is -2.13. The largest absolute Gasteiger partial charge is 0.383 e. The van der Waals surface area contributed by atoms with Crippen LogP contribution in [0.4, 0.5) is 0 Å². The van der Waals surface area contributed by atoms with Gasteiger partial charge in [0.2, 0.25) is 0 Å². The van der Waals surface area contributed by atoms with Crippen LogP contribution in [0.3, 0.4) is 0 Å². The fourth-order valence-corrected chi connectivity index (χ4v) is 1.90. The van der Waals surface area contributed by atoms with Gasteiger partial charge in [0.25, 0.3) is 0 Å². The van der Waals surface area contributed by atoms with Crippen molar-refractivity contribution in [3.8, 4) is 0 Å². The quantitative estimate of drug-likeness (QED) is 0.856. The minimum Gasteiger partial charge on any atom is -0.383 e. The van der Waals surface area contributed by atoms with Gasteiger partial charge in [-0.15, -0.1) is 0 Å². The first-order chi connectivity index (χ1) is 8.31. The molecule has 1 N–H and O–H groups in total. The molecule has 3 heteroatoms. The van der Waals surface area contributed by atoms with Crippen LogP contribution >= 0.6 is 0 Å². The Balaban J connectivity index is 2.13. The van der Waals surface area contributed by atoms with Gasteiger partial charge in [-0.3, -0.25) is 4.98 Å². The van der Waals surface area contributed by atoms with Crippen molar-refractivity contribution in [2.45, 2.75) is 19.5 Å². The van der Waals surface area contributed by atoms with Crippen molar-refractivity contribution in [2.75, 3.05) is 13.7 Å². The van der Waals surface area contributed by atoms with Crippen LogP contribution in [0, 0.1) is 0 Å². The summed E-state index contributed by atoms with van der Waals surface area (Å²) in [6, 6.07) is 10.6. The Hall–Kier alpha value is -1.45. The van der Waals surface area contributed by atoms with Crippen LogP contribution in [0.5, 0.6) is 0 Å². The summed E-state index contributed by atoms with van der Waals surface area (Å²) in [5.74, 6) is 0. The summed E-state index contributed by atoms with van der Waals surface area (Å²) in [4.78, 5) is 4.35. The molecule has 1 aromatic heterocycles. The van der Waals surface area contributed by atoms with E-state index in [4.69, 9.17) is 4.74 Å². The number of hydrogen-bond donors (Lipinski definition) is 1. The van der Waals surface area contributed by atoms with Crippen LogP contribution in [0.2, 0.25) is 0 Å². The van der Waals surface area contributed by atoms with E-state index in [9.17, 15) is 0 Å². The highest BCUT2D eigenvalue weighted by molar-refractivity contribution is 5.81. The second kappa shape index (κ2) is 5.75. The highest BCUT2D eigenvalue weighted by Crippen LogP contribution is 2.15. The first-order valence-corrected chi connectivity index (χ1v) is 5.86. The third-order valence-electron chi connectivity index (χ3n) is 2.80. The maximum Gasteiger partial charge on any atom is 0.0705 e. The van der Waals surface area contributed by atoms with Crippen molar-refractivity contribution < 1.29 is 4.74 Å². The summed E-state index contributed by atoms with van der Waals surface area (Å²) < 4.78 is 5.10. The third-order valence-corrected chi connectivity index (χ3v) is 2.80. The van der Waals surface area contributed by atoms with Gasteiger partial charge in [0.05, 0.1) is 12.1 Å². The molecule has 0 fully saturated rings. The number of fused-ring (bicyclic) bond motifs is 1. The minimum atomic E-state index is 0.354. The fourth-order valence-electron chi connectivity index (χ4n) is 1.90. The smallest absolute Gasteiger partial charge is 0.0705 e. The Morgan fingerprint density at radius 3 is 2.94 bits per heavy atom. The zero-order valence-electron chi connectivity index (χ0n) is 10.3. The van der Waals surface area contributed by atoms with Gasteiger partial charge in [-0.25, -0.2) is 0 Å². The Bertz CT molecular complexity index is 479. The van der Waals surface area contributed by atoms with Crippen molar-refractivity contribution in [2.24, 2.45) is 0 Å². The highest BCUT2D eigenvalue weighted by Gasteiger charge is 2.03. The molecule has 0 aliphatic rings. The van der Waals surface area contributed by atoms with E-state index in [1.807, 2.05) is 24.4 Å². The number of aromatic nitrogens is 1. The molecule has 1 atom stereocenters. The normalized spacial score (nSPS) is 12.8. The van der Waals surface area contributed by atoms with Gasteiger partial charge in [0.15, 0.2) is 0 Å². The summed E-state index contributed by atoms with van der Waals surface area (Å²) in [6.45, 7) is 3.68. The van der Waals surface area contributed by atoms with E-state index >= 15 is 0 Å². The molecule has 0 aliphatic carbocycles. The molecule has 1 aromatic carbocycles. The van der Waals surface area contributed by atoms with Crippen molar-refractivity contribution in [3.63, 3.8) is 0 Å². The van der Waals surface area contributed by atoms with Gasteiger partial charge >= 0.3 is 0 Å². The number of methoxy groups -OCH3 is 1. The number of nitrogens with one attached hydrogen (secondary N) is 1. The molecule has 3 nitrogen and oxygen atoms in total. The molecule has 90 valence electrons. The first kappa shape index (κ1) is 12.0. The molecule has 2 rings (SSSR count). The molecule has 0 radical (unpaired) electrons. The number of hydrogen-bond acceptors (Lipinski definition) is 3. The number of rotatable bonds is 5.